The smallest absolute Gasteiger partial charge is 0.334 e. The third-order valence-corrected chi connectivity index (χ3v) is 6.24. The van der Waals surface area contributed by atoms with Crippen LogP contribution in [-0.2, 0) is 28.5 Å². The Morgan fingerprint density at radius 3 is 2.70 bits per heavy atom. The summed E-state index contributed by atoms with van der Waals surface area (Å²) in [7, 11) is 0. The van der Waals surface area contributed by atoms with Crippen LogP contribution in [0.5, 0.6) is 0 Å². The lowest BCUT2D eigenvalue weighted by molar-refractivity contribution is -0.275. The maximum Gasteiger partial charge on any atom is 0.334 e. The van der Waals surface area contributed by atoms with Crippen LogP contribution in [0.3, 0.4) is 0 Å². The molecular formula is C21H32O6. The van der Waals surface area contributed by atoms with Crippen molar-refractivity contribution in [3.05, 3.63) is 12.2 Å². The van der Waals surface area contributed by atoms with Crippen molar-refractivity contribution in [2.45, 2.75) is 83.9 Å². The van der Waals surface area contributed by atoms with Gasteiger partial charge in [-0.15, -0.1) is 0 Å². The maximum atomic E-state index is 12.4. The van der Waals surface area contributed by atoms with Crippen LogP contribution in [0.2, 0.25) is 0 Å². The molecule has 3 saturated heterocycles. The summed E-state index contributed by atoms with van der Waals surface area (Å²) < 4.78 is 24.1. The van der Waals surface area contributed by atoms with Crippen LogP contribution >= 0.6 is 0 Å². The first-order valence-corrected chi connectivity index (χ1v) is 10.0. The molecule has 0 unspecified atom stereocenters. The highest BCUT2D eigenvalue weighted by atomic mass is 16.7. The van der Waals surface area contributed by atoms with E-state index in [0.717, 1.165) is 12.8 Å². The molecule has 3 aliphatic heterocycles. The minimum absolute atomic E-state index is 0.0324. The van der Waals surface area contributed by atoms with Crippen molar-refractivity contribution in [1.29, 1.82) is 0 Å². The number of esters is 2. The number of rotatable bonds is 4. The van der Waals surface area contributed by atoms with Gasteiger partial charge in [0.1, 0.15) is 12.2 Å². The van der Waals surface area contributed by atoms with Crippen molar-refractivity contribution in [2.75, 3.05) is 6.61 Å². The Hall–Kier alpha value is -1.40. The first-order chi connectivity index (χ1) is 12.6. The van der Waals surface area contributed by atoms with Gasteiger partial charge in [-0.25, -0.2) is 4.79 Å². The third kappa shape index (κ3) is 3.66. The third-order valence-electron chi connectivity index (χ3n) is 6.24. The predicted molar refractivity (Wildman–Crippen MR) is 98.7 cm³/mol. The van der Waals surface area contributed by atoms with Gasteiger partial charge in [0.2, 0.25) is 0 Å². The maximum absolute atomic E-state index is 12.4. The Bertz CT molecular complexity index is 628. The molecule has 6 atom stereocenters. The molecule has 152 valence electrons. The van der Waals surface area contributed by atoms with E-state index in [1.807, 2.05) is 13.8 Å². The molecule has 27 heavy (non-hydrogen) atoms. The Balaban J connectivity index is 1.98. The van der Waals surface area contributed by atoms with E-state index in [1.54, 1.807) is 13.8 Å². The summed E-state index contributed by atoms with van der Waals surface area (Å²) in [6.07, 6.45) is 1.78. The monoisotopic (exact) mass is 380 g/mol. The van der Waals surface area contributed by atoms with Crippen LogP contribution in [0.1, 0.15) is 60.3 Å². The number of hydrogen-bond acceptors (Lipinski definition) is 6. The zero-order valence-electron chi connectivity index (χ0n) is 17.1. The summed E-state index contributed by atoms with van der Waals surface area (Å²) in [4.78, 5) is 24.6. The summed E-state index contributed by atoms with van der Waals surface area (Å²) >= 11 is 0. The highest BCUT2D eigenvalue weighted by Crippen LogP contribution is 2.51. The standard InChI is InChI=1S/C21H32O6/c1-7-24-21-9-8-20(6,27-21)11-16(26-18(22)12(2)3)17-14(5)19(23)25-15(17)10-13(21)4/h12-13,15-17H,5,7-11H2,1-4,6H3/t13-,15+,16-,17-,20+,21-/m0/s1. The number of fused-ring (bicyclic) bond motifs is 3. The van der Waals surface area contributed by atoms with Crippen molar-refractivity contribution in [1.82, 2.24) is 0 Å². The average Bonchev–Trinajstić information content (AvgIpc) is 3.05. The van der Waals surface area contributed by atoms with E-state index in [2.05, 4.69) is 13.5 Å². The topological polar surface area (TPSA) is 71.1 Å². The predicted octanol–water partition coefficient (Wildman–Crippen LogP) is 3.38. The van der Waals surface area contributed by atoms with Crippen molar-refractivity contribution in [3.8, 4) is 0 Å². The van der Waals surface area contributed by atoms with Gasteiger partial charge in [0.05, 0.1) is 17.4 Å². The summed E-state index contributed by atoms with van der Waals surface area (Å²) in [5.41, 5.74) is -0.104. The quantitative estimate of drug-likeness (QED) is 0.550. The van der Waals surface area contributed by atoms with E-state index >= 15 is 0 Å². The minimum Gasteiger partial charge on any atom is -0.461 e. The van der Waals surface area contributed by atoms with Crippen molar-refractivity contribution < 1.29 is 28.5 Å². The molecule has 3 fully saturated rings. The second-order valence-electron chi connectivity index (χ2n) is 8.76. The SMILES string of the molecule is C=C1C(=O)O[C@@H]2C[C@H](C)[C@]3(OCC)CC[C@](C)(C[C@H](OC(=O)C(C)C)[C@@H]12)O3. The van der Waals surface area contributed by atoms with Crippen LogP contribution < -0.4 is 0 Å². The Morgan fingerprint density at radius 1 is 1.37 bits per heavy atom. The van der Waals surface area contributed by atoms with Gasteiger partial charge in [-0.2, -0.15) is 0 Å². The van der Waals surface area contributed by atoms with E-state index in [1.165, 1.54) is 0 Å². The molecule has 0 aromatic carbocycles. The number of hydrogen-bond donors (Lipinski definition) is 0. The van der Waals surface area contributed by atoms with Gasteiger partial charge < -0.3 is 18.9 Å². The van der Waals surface area contributed by atoms with Crippen LogP contribution in [0, 0.1) is 17.8 Å². The molecule has 0 saturated carbocycles. The van der Waals surface area contributed by atoms with Crippen LogP contribution in [-0.4, -0.2) is 42.1 Å². The van der Waals surface area contributed by atoms with E-state index in [9.17, 15) is 9.59 Å². The lowest BCUT2D eigenvalue weighted by Gasteiger charge is -2.37. The van der Waals surface area contributed by atoms with E-state index in [-0.39, 0.29) is 29.8 Å². The Kier molecular flexibility index (Phi) is 5.43. The van der Waals surface area contributed by atoms with Gasteiger partial charge in [0.15, 0.2) is 5.79 Å². The Morgan fingerprint density at radius 2 is 2.07 bits per heavy atom. The fourth-order valence-corrected chi connectivity index (χ4v) is 4.72. The largest absolute Gasteiger partial charge is 0.461 e. The van der Waals surface area contributed by atoms with Crippen LogP contribution in [0.15, 0.2) is 12.2 Å². The van der Waals surface area contributed by atoms with E-state index < -0.39 is 23.5 Å². The molecule has 0 aromatic heterocycles. The summed E-state index contributed by atoms with van der Waals surface area (Å²) in [5.74, 6) is -1.93. The Labute approximate surface area is 161 Å². The molecule has 0 amide bonds. The number of ether oxygens (including phenoxy) is 4. The average molecular weight is 380 g/mol. The summed E-state index contributed by atoms with van der Waals surface area (Å²) in [6, 6.07) is 0. The van der Waals surface area contributed by atoms with Gasteiger partial charge in [-0.1, -0.05) is 27.4 Å². The van der Waals surface area contributed by atoms with Crippen LogP contribution in [0.25, 0.3) is 0 Å². The van der Waals surface area contributed by atoms with Gasteiger partial charge in [0, 0.05) is 30.9 Å². The molecule has 3 heterocycles. The second-order valence-corrected chi connectivity index (χ2v) is 8.76. The number of carbonyl (C=O) groups excluding carboxylic acids is 2. The highest BCUT2D eigenvalue weighted by molar-refractivity contribution is 5.91. The molecule has 0 radical (unpaired) electrons. The highest BCUT2D eigenvalue weighted by Gasteiger charge is 2.57. The fraction of sp³-hybridized carbons (Fsp3) is 0.810. The molecular weight excluding hydrogens is 348 g/mol. The molecule has 2 bridgehead atoms. The summed E-state index contributed by atoms with van der Waals surface area (Å²) in [5, 5.41) is 0. The molecule has 6 heteroatoms. The summed E-state index contributed by atoms with van der Waals surface area (Å²) in [6.45, 7) is 14.2. The zero-order chi connectivity index (χ0) is 20.0. The van der Waals surface area contributed by atoms with Gasteiger partial charge in [-0.3, -0.25) is 4.79 Å². The molecule has 3 rings (SSSR count). The molecule has 0 N–H and O–H groups in total. The molecule has 0 spiro atoms. The molecule has 3 aliphatic rings. The normalized spacial score (nSPS) is 41.6. The van der Waals surface area contributed by atoms with Crippen LogP contribution in [0.4, 0.5) is 0 Å². The van der Waals surface area contributed by atoms with Gasteiger partial charge in [0.25, 0.3) is 0 Å². The zero-order valence-corrected chi connectivity index (χ0v) is 17.1. The first kappa shape index (κ1) is 20.3. The first-order valence-electron chi connectivity index (χ1n) is 10.0. The second kappa shape index (κ2) is 7.21. The molecule has 0 aromatic rings. The molecule has 0 aliphatic carbocycles. The van der Waals surface area contributed by atoms with E-state index in [0.29, 0.717) is 25.0 Å². The van der Waals surface area contributed by atoms with Gasteiger partial charge >= 0.3 is 11.9 Å². The van der Waals surface area contributed by atoms with Crippen molar-refractivity contribution >= 4 is 11.9 Å². The fourth-order valence-electron chi connectivity index (χ4n) is 4.72. The van der Waals surface area contributed by atoms with Crippen molar-refractivity contribution in [3.63, 3.8) is 0 Å². The number of carbonyl (C=O) groups is 2. The minimum atomic E-state index is -0.693. The van der Waals surface area contributed by atoms with E-state index in [4.69, 9.17) is 18.9 Å². The van der Waals surface area contributed by atoms with Crippen molar-refractivity contribution in [2.24, 2.45) is 17.8 Å². The molecule has 6 nitrogen and oxygen atoms in total. The van der Waals surface area contributed by atoms with Gasteiger partial charge in [-0.05, 0) is 26.7 Å². The lowest BCUT2D eigenvalue weighted by Crippen LogP contribution is -2.43. The lowest BCUT2D eigenvalue weighted by atomic mass is 9.78.